The second-order valence-corrected chi connectivity index (χ2v) is 7.76. The van der Waals surface area contributed by atoms with Crippen LogP contribution in [0.25, 0.3) is 0 Å². The number of alkyl halides is 3. The first-order valence-electron chi connectivity index (χ1n) is 7.53. The molecule has 0 spiro atoms. The van der Waals surface area contributed by atoms with Crippen LogP contribution in [-0.2, 0) is 16.2 Å². The lowest BCUT2D eigenvalue weighted by atomic mass is 9.74. The number of hydrogen-bond donors (Lipinski definition) is 2. The van der Waals surface area contributed by atoms with Gasteiger partial charge in [0, 0.05) is 12.1 Å². The quantitative estimate of drug-likeness (QED) is 0.833. The van der Waals surface area contributed by atoms with Gasteiger partial charge in [-0.25, -0.2) is 13.1 Å². The van der Waals surface area contributed by atoms with Crippen LogP contribution in [0.3, 0.4) is 0 Å². The van der Waals surface area contributed by atoms with Gasteiger partial charge in [0.05, 0.1) is 10.5 Å². The highest BCUT2D eigenvalue weighted by Gasteiger charge is 2.43. The summed E-state index contributed by atoms with van der Waals surface area (Å²) in [6, 6.07) is 4.20. The molecule has 3 N–H and O–H groups in total. The maximum Gasteiger partial charge on any atom is 0.417 e. The third-order valence-corrected chi connectivity index (χ3v) is 6.25. The molecule has 1 aromatic rings. The van der Waals surface area contributed by atoms with E-state index in [1.54, 1.807) is 0 Å². The van der Waals surface area contributed by atoms with Crippen molar-refractivity contribution in [1.29, 1.82) is 0 Å². The second-order valence-electron chi connectivity index (χ2n) is 6.11. The maximum atomic E-state index is 13.1. The van der Waals surface area contributed by atoms with Crippen LogP contribution in [0.5, 0.6) is 0 Å². The van der Waals surface area contributed by atoms with Crippen molar-refractivity contribution in [3.05, 3.63) is 29.8 Å². The van der Waals surface area contributed by atoms with Crippen molar-refractivity contribution in [3.63, 3.8) is 0 Å². The molecule has 1 aromatic carbocycles. The molecule has 2 atom stereocenters. The predicted octanol–water partition coefficient (Wildman–Crippen LogP) is 3.31. The first-order chi connectivity index (χ1) is 10.6. The highest BCUT2D eigenvalue weighted by Crippen LogP contribution is 2.37. The molecule has 1 aliphatic rings. The van der Waals surface area contributed by atoms with Gasteiger partial charge in [0.25, 0.3) is 0 Å². The summed E-state index contributed by atoms with van der Waals surface area (Å²) < 4.78 is 67.0. The number of nitrogens with two attached hydrogens (primary N) is 1. The van der Waals surface area contributed by atoms with Crippen LogP contribution in [-0.4, -0.2) is 20.5 Å². The van der Waals surface area contributed by atoms with Crippen LogP contribution in [0.1, 0.15) is 38.2 Å². The van der Waals surface area contributed by atoms with Gasteiger partial charge in [-0.3, -0.25) is 0 Å². The third-order valence-electron chi connectivity index (χ3n) is 4.64. The molecule has 0 bridgehead atoms. The molecule has 0 amide bonds. The predicted molar refractivity (Wildman–Crippen MR) is 88.4 cm³/mol. The normalized spacial score (nSPS) is 25.1. The van der Waals surface area contributed by atoms with E-state index in [0.29, 0.717) is 6.42 Å². The highest BCUT2D eigenvalue weighted by atomic mass is 35.5. The Morgan fingerprint density at radius 3 is 2.46 bits per heavy atom. The first kappa shape index (κ1) is 21.2. The Kier molecular flexibility index (Phi) is 6.71. The summed E-state index contributed by atoms with van der Waals surface area (Å²) in [6.45, 7) is 1.94. The molecule has 2 rings (SSSR count). The van der Waals surface area contributed by atoms with Gasteiger partial charge in [-0.05, 0) is 30.9 Å². The Morgan fingerprint density at radius 2 is 1.92 bits per heavy atom. The minimum absolute atomic E-state index is 0. The molecule has 1 saturated carbocycles. The lowest BCUT2D eigenvalue weighted by Gasteiger charge is -2.42. The third kappa shape index (κ3) is 4.22. The molecule has 0 aromatic heterocycles. The zero-order valence-corrected chi connectivity index (χ0v) is 14.9. The molecule has 138 valence electrons. The Labute approximate surface area is 146 Å². The number of hydrogen-bond acceptors (Lipinski definition) is 3. The molecule has 9 heteroatoms. The van der Waals surface area contributed by atoms with Crippen molar-refractivity contribution in [2.45, 2.75) is 49.2 Å². The topological polar surface area (TPSA) is 72.2 Å². The van der Waals surface area contributed by atoms with Crippen molar-refractivity contribution in [3.8, 4) is 0 Å². The minimum atomic E-state index is -4.74. The summed E-state index contributed by atoms with van der Waals surface area (Å²) in [5.74, 6) is -0.0333. The minimum Gasteiger partial charge on any atom is -0.329 e. The summed E-state index contributed by atoms with van der Waals surface area (Å²) in [5, 5.41) is 0. The molecule has 24 heavy (non-hydrogen) atoms. The summed E-state index contributed by atoms with van der Waals surface area (Å²) in [4.78, 5) is -0.752. The summed E-state index contributed by atoms with van der Waals surface area (Å²) >= 11 is 0. The van der Waals surface area contributed by atoms with E-state index in [1.165, 1.54) is 12.1 Å². The SMILES string of the molecule is CC1CCCCC1(CN)NS(=O)(=O)c1ccccc1C(F)(F)F.Cl. The van der Waals surface area contributed by atoms with Gasteiger partial charge in [0.2, 0.25) is 10.0 Å². The summed E-state index contributed by atoms with van der Waals surface area (Å²) in [7, 11) is -4.33. The zero-order valence-electron chi connectivity index (χ0n) is 13.3. The smallest absolute Gasteiger partial charge is 0.329 e. The number of halogens is 4. The second kappa shape index (κ2) is 7.59. The van der Waals surface area contributed by atoms with Gasteiger partial charge in [-0.15, -0.1) is 12.4 Å². The van der Waals surface area contributed by atoms with Gasteiger partial charge in [0.1, 0.15) is 0 Å². The van der Waals surface area contributed by atoms with Gasteiger partial charge >= 0.3 is 6.18 Å². The largest absolute Gasteiger partial charge is 0.417 e. The van der Waals surface area contributed by atoms with Crippen molar-refractivity contribution in [2.75, 3.05) is 6.54 Å². The van der Waals surface area contributed by atoms with Crippen LogP contribution >= 0.6 is 12.4 Å². The van der Waals surface area contributed by atoms with Crippen LogP contribution in [0.2, 0.25) is 0 Å². The Balaban J connectivity index is 0.00000288. The van der Waals surface area contributed by atoms with Crippen LogP contribution in [0.4, 0.5) is 13.2 Å². The number of rotatable bonds is 4. The van der Waals surface area contributed by atoms with Crippen molar-refractivity contribution < 1.29 is 21.6 Å². The van der Waals surface area contributed by atoms with E-state index in [0.717, 1.165) is 31.4 Å². The van der Waals surface area contributed by atoms with E-state index in [2.05, 4.69) is 4.72 Å². The highest BCUT2D eigenvalue weighted by molar-refractivity contribution is 7.89. The number of sulfonamides is 1. The van der Waals surface area contributed by atoms with E-state index in [-0.39, 0.29) is 24.9 Å². The van der Waals surface area contributed by atoms with Crippen LogP contribution in [0, 0.1) is 5.92 Å². The lowest BCUT2D eigenvalue weighted by Crippen LogP contribution is -2.59. The Bertz CT molecular complexity index is 667. The van der Waals surface area contributed by atoms with Gasteiger partial charge in [-0.2, -0.15) is 13.2 Å². The fraction of sp³-hybridized carbons (Fsp3) is 0.600. The van der Waals surface area contributed by atoms with E-state index < -0.39 is 32.2 Å². The maximum absolute atomic E-state index is 13.1. The zero-order chi connectivity index (χ0) is 17.3. The monoisotopic (exact) mass is 386 g/mol. The van der Waals surface area contributed by atoms with Gasteiger partial charge in [0.15, 0.2) is 0 Å². The van der Waals surface area contributed by atoms with E-state index >= 15 is 0 Å². The van der Waals surface area contributed by atoms with E-state index in [1.807, 2.05) is 6.92 Å². The summed E-state index contributed by atoms with van der Waals surface area (Å²) in [6.07, 6.45) is -1.66. The molecular formula is C15H22ClF3N2O2S. The molecule has 0 saturated heterocycles. The molecular weight excluding hydrogens is 365 g/mol. The Hall–Kier alpha value is -0.830. The molecule has 2 unspecified atom stereocenters. The van der Waals surface area contributed by atoms with Gasteiger partial charge in [-0.1, -0.05) is 31.9 Å². The molecule has 0 aliphatic heterocycles. The van der Waals surface area contributed by atoms with Crippen LogP contribution < -0.4 is 10.5 Å². The van der Waals surface area contributed by atoms with E-state index in [4.69, 9.17) is 5.73 Å². The molecule has 0 radical (unpaired) electrons. The summed E-state index contributed by atoms with van der Waals surface area (Å²) in [5.41, 5.74) is 3.73. The average molecular weight is 387 g/mol. The van der Waals surface area contributed by atoms with Crippen molar-refractivity contribution >= 4 is 22.4 Å². The van der Waals surface area contributed by atoms with Crippen molar-refractivity contribution in [1.82, 2.24) is 4.72 Å². The van der Waals surface area contributed by atoms with Crippen molar-refractivity contribution in [2.24, 2.45) is 11.7 Å². The van der Waals surface area contributed by atoms with Crippen LogP contribution in [0.15, 0.2) is 29.2 Å². The average Bonchev–Trinajstić information content (AvgIpc) is 2.49. The van der Waals surface area contributed by atoms with Gasteiger partial charge < -0.3 is 5.73 Å². The number of nitrogens with one attached hydrogen (secondary N) is 1. The Morgan fingerprint density at radius 1 is 1.29 bits per heavy atom. The fourth-order valence-electron chi connectivity index (χ4n) is 3.17. The lowest BCUT2D eigenvalue weighted by molar-refractivity contribution is -0.139. The number of benzene rings is 1. The molecule has 1 fully saturated rings. The molecule has 0 heterocycles. The standard InChI is InChI=1S/C15H21F3N2O2S.ClH/c1-11-6-4-5-9-14(11,10-19)20-23(21,22)13-8-3-2-7-12(13)15(16,17)18;/h2-3,7-8,11,20H,4-6,9-10,19H2,1H3;1H. The molecule has 1 aliphatic carbocycles. The van der Waals surface area contributed by atoms with E-state index in [9.17, 15) is 21.6 Å². The fourth-order valence-corrected chi connectivity index (χ4v) is 4.93. The first-order valence-corrected chi connectivity index (χ1v) is 9.01. The molecule has 4 nitrogen and oxygen atoms in total.